The number of nitrogens with zero attached hydrogens (tertiary/aromatic N) is 3. The average Bonchev–Trinajstić information content (AvgIpc) is 2.93. The number of anilines is 2. The highest BCUT2D eigenvalue weighted by molar-refractivity contribution is 7.09. The number of nitrogens with one attached hydrogen (secondary N) is 1. The lowest BCUT2D eigenvalue weighted by Crippen LogP contribution is -2.30. The molecule has 22 heavy (non-hydrogen) atoms. The molecule has 0 saturated carbocycles. The summed E-state index contributed by atoms with van der Waals surface area (Å²) in [7, 11) is 4.92. The molecule has 0 saturated heterocycles. The van der Waals surface area contributed by atoms with Gasteiger partial charge in [-0.1, -0.05) is 0 Å². The Labute approximate surface area is 133 Å². The van der Waals surface area contributed by atoms with E-state index in [-0.39, 0.29) is 12.5 Å². The summed E-state index contributed by atoms with van der Waals surface area (Å²) >= 11 is 1.26. The zero-order valence-corrected chi connectivity index (χ0v) is 13.7. The van der Waals surface area contributed by atoms with E-state index < -0.39 is 0 Å². The van der Waals surface area contributed by atoms with Crippen molar-refractivity contribution < 1.29 is 14.3 Å². The van der Waals surface area contributed by atoms with Crippen molar-refractivity contribution in [3.8, 4) is 11.5 Å². The van der Waals surface area contributed by atoms with Gasteiger partial charge in [0.1, 0.15) is 17.3 Å². The smallest absolute Gasteiger partial charge is 0.243 e. The van der Waals surface area contributed by atoms with Crippen molar-refractivity contribution in [1.29, 1.82) is 0 Å². The number of hydrogen-bond donors (Lipinski definition) is 1. The molecule has 1 aromatic carbocycles. The van der Waals surface area contributed by atoms with Crippen LogP contribution in [-0.4, -0.2) is 43.1 Å². The first kappa shape index (κ1) is 16.0. The van der Waals surface area contributed by atoms with E-state index in [1.807, 2.05) is 6.92 Å². The fraction of sp³-hybridized carbons (Fsp3) is 0.357. The molecule has 8 heteroatoms. The molecule has 0 unspecified atom stereocenters. The van der Waals surface area contributed by atoms with E-state index in [4.69, 9.17) is 9.47 Å². The molecule has 2 aromatic rings. The van der Waals surface area contributed by atoms with Crippen LogP contribution in [0.15, 0.2) is 18.2 Å². The number of carbonyl (C=O) groups is 1. The van der Waals surface area contributed by atoms with Crippen LogP contribution in [0.4, 0.5) is 10.8 Å². The Balaban J connectivity index is 2.02. The first-order valence-electron chi connectivity index (χ1n) is 6.56. The van der Waals surface area contributed by atoms with E-state index >= 15 is 0 Å². The van der Waals surface area contributed by atoms with Crippen LogP contribution in [0.2, 0.25) is 0 Å². The summed E-state index contributed by atoms with van der Waals surface area (Å²) in [6.45, 7) is 1.99. The Bertz CT molecular complexity index is 637. The maximum absolute atomic E-state index is 12.1. The van der Waals surface area contributed by atoms with Gasteiger partial charge in [0, 0.05) is 42.5 Å². The minimum Gasteiger partial charge on any atom is -0.497 e. The van der Waals surface area contributed by atoms with Crippen LogP contribution in [0.25, 0.3) is 0 Å². The normalized spacial score (nSPS) is 10.2. The zero-order valence-electron chi connectivity index (χ0n) is 12.9. The minimum atomic E-state index is -0.161. The molecule has 1 aromatic heterocycles. The van der Waals surface area contributed by atoms with Crippen molar-refractivity contribution in [2.24, 2.45) is 0 Å². The maximum atomic E-state index is 12.1. The van der Waals surface area contributed by atoms with Gasteiger partial charge in [-0.25, -0.2) is 4.98 Å². The van der Waals surface area contributed by atoms with Crippen molar-refractivity contribution in [3.63, 3.8) is 0 Å². The molecule has 0 fully saturated rings. The van der Waals surface area contributed by atoms with E-state index in [9.17, 15) is 4.79 Å². The summed E-state index contributed by atoms with van der Waals surface area (Å²) in [6.07, 6.45) is 0. The summed E-state index contributed by atoms with van der Waals surface area (Å²) in [5.41, 5.74) is 0.614. The fourth-order valence-corrected chi connectivity index (χ4v) is 2.44. The topological polar surface area (TPSA) is 76.6 Å². The fourth-order valence-electron chi connectivity index (χ4n) is 1.80. The van der Waals surface area contributed by atoms with E-state index in [0.717, 1.165) is 0 Å². The van der Waals surface area contributed by atoms with Crippen LogP contribution < -0.4 is 19.7 Å². The highest BCUT2D eigenvalue weighted by Gasteiger charge is 2.12. The van der Waals surface area contributed by atoms with Crippen LogP contribution in [0, 0.1) is 6.92 Å². The van der Waals surface area contributed by atoms with E-state index in [1.54, 1.807) is 44.4 Å². The standard InChI is InChI=1S/C14H18N4O3S/c1-9-15-14(22-17-9)18(2)8-13(19)16-10-5-11(20-3)7-12(6-10)21-4/h5-7H,8H2,1-4H3,(H,16,19). The van der Waals surface area contributed by atoms with E-state index in [1.165, 1.54) is 11.5 Å². The highest BCUT2D eigenvalue weighted by Crippen LogP contribution is 2.25. The number of rotatable bonds is 6. The Morgan fingerprint density at radius 2 is 1.91 bits per heavy atom. The number of likely N-dealkylation sites (N-methyl/N-ethyl adjacent to an activating group) is 1. The first-order chi connectivity index (χ1) is 10.5. The quantitative estimate of drug-likeness (QED) is 0.876. The van der Waals surface area contributed by atoms with E-state index in [2.05, 4.69) is 14.7 Å². The van der Waals surface area contributed by atoms with Crippen molar-refractivity contribution in [3.05, 3.63) is 24.0 Å². The molecule has 0 aliphatic rings. The average molecular weight is 322 g/mol. The molecular weight excluding hydrogens is 304 g/mol. The van der Waals surface area contributed by atoms with Gasteiger partial charge in [0.2, 0.25) is 11.0 Å². The van der Waals surface area contributed by atoms with Crippen molar-refractivity contribution >= 4 is 28.3 Å². The second-order valence-corrected chi connectivity index (χ2v) is 5.36. The van der Waals surface area contributed by atoms with Crippen molar-refractivity contribution in [2.75, 3.05) is 38.0 Å². The largest absolute Gasteiger partial charge is 0.497 e. The molecule has 118 valence electrons. The molecule has 2 rings (SSSR count). The highest BCUT2D eigenvalue weighted by atomic mass is 32.1. The molecule has 1 N–H and O–H groups in total. The molecule has 7 nitrogen and oxygen atoms in total. The van der Waals surface area contributed by atoms with Gasteiger partial charge in [-0.3, -0.25) is 4.79 Å². The monoisotopic (exact) mass is 322 g/mol. The van der Waals surface area contributed by atoms with Crippen LogP contribution in [0.3, 0.4) is 0 Å². The van der Waals surface area contributed by atoms with Gasteiger partial charge in [-0.2, -0.15) is 4.37 Å². The predicted octanol–water partition coefficient (Wildman–Crippen LogP) is 1.94. The lowest BCUT2D eigenvalue weighted by molar-refractivity contribution is -0.114. The Kier molecular flexibility index (Phi) is 5.16. The number of aromatic nitrogens is 2. The summed E-state index contributed by atoms with van der Waals surface area (Å²) in [6, 6.07) is 5.21. The summed E-state index contributed by atoms with van der Waals surface area (Å²) < 4.78 is 14.4. The maximum Gasteiger partial charge on any atom is 0.243 e. The zero-order chi connectivity index (χ0) is 16.1. The molecule has 1 amide bonds. The lowest BCUT2D eigenvalue weighted by Gasteiger charge is -2.15. The van der Waals surface area contributed by atoms with Crippen molar-refractivity contribution in [1.82, 2.24) is 9.36 Å². The molecule has 0 atom stereocenters. The molecular formula is C14H18N4O3S. The van der Waals surface area contributed by atoms with E-state index in [0.29, 0.717) is 28.1 Å². The number of carbonyl (C=O) groups excluding carboxylic acids is 1. The Morgan fingerprint density at radius 1 is 1.27 bits per heavy atom. The van der Waals surface area contributed by atoms with Crippen LogP contribution >= 0.6 is 11.5 Å². The van der Waals surface area contributed by atoms with Gasteiger partial charge in [0.25, 0.3) is 0 Å². The third-order valence-corrected chi connectivity index (χ3v) is 3.78. The molecule has 1 heterocycles. The summed E-state index contributed by atoms with van der Waals surface area (Å²) in [5.74, 6) is 1.76. The number of ether oxygens (including phenoxy) is 2. The third-order valence-electron chi connectivity index (χ3n) is 2.86. The van der Waals surface area contributed by atoms with Crippen LogP contribution in [-0.2, 0) is 4.79 Å². The second kappa shape index (κ2) is 7.08. The molecule has 0 radical (unpaired) electrons. The molecule has 0 aliphatic heterocycles. The third kappa shape index (κ3) is 4.08. The van der Waals surface area contributed by atoms with Crippen molar-refractivity contribution in [2.45, 2.75) is 6.92 Å². The van der Waals surface area contributed by atoms with Gasteiger partial charge in [-0.15, -0.1) is 0 Å². The molecule has 0 bridgehead atoms. The Morgan fingerprint density at radius 3 is 2.41 bits per heavy atom. The number of hydrogen-bond acceptors (Lipinski definition) is 7. The van der Waals surface area contributed by atoms with Gasteiger partial charge in [0.05, 0.1) is 20.8 Å². The summed E-state index contributed by atoms with van der Waals surface area (Å²) in [4.78, 5) is 18.1. The van der Waals surface area contributed by atoms with Gasteiger partial charge in [0.15, 0.2) is 0 Å². The Hall–Kier alpha value is -2.35. The predicted molar refractivity (Wildman–Crippen MR) is 86.1 cm³/mol. The number of methoxy groups -OCH3 is 2. The second-order valence-electron chi connectivity index (χ2n) is 4.63. The number of aryl methyl sites for hydroxylation is 1. The molecule has 0 aliphatic carbocycles. The lowest BCUT2D eigenvalue weighted by atomic mass is 10.2. The minimum absolute atomic E-state index is 0.161. The first-order valence-corrected chi connectivity index (χ1v) is 7.33. The molecule has 0 spiro atoms. The SMILES string of the molecule is COc1cc(NC(=O)CN(C)c2nc(C)ns2)cc(OC)c1. The number of amides is 1. The van der Waals surface area contributed by atoms with Gasteiger partial charge < -0.3 is 19.7 Å². The van der Waals surface area contributed by atoms with Gasteiger partial charge >= 0.3 is 0 Å². The summed E-state index contributed by atoms with van der Waals surface area (Å²) in [5, 5.41) is 3.52. The van der Waals surface area contributed by atoms with Crippen LogP contribution in [0.1, 0.15) is 5.82 Å². The van der Waals surface area contributed by atoms with Gasteiger partial charge in [-0.05, 0) is 6.92 Å². The number of benzene rings is 1. The van der Waals surface area contributed by atoms with Crippen LogP contribution in [0.5, 0.6) is 11.5 Å².